The fourth-order valence-electron chi connectivity index (χ4n) is 2.86. The van der Waals surface area contributed by atoms with Gasteiger partial charge in [0.2, 0.25) is 0 Å². The summed E-state index contributed by atoms with van der Waals surface area (Å²) in [6.07, 6.45) is 3.71. The number of nitro benzene ring substituents is 1. The molecule has 0 bridgehead atoms. The van der Waals surface area contributed by atoms with E-state index in [0.717, 1.165) is 48.1 Å². The minimum atomic E-state index is -0.287. The number of fused-ring (bicyclic) bond motifs is 1. The molecule has 2 aromatic rings. The smallest absolute Gasteiger partial charge is 0.273 e. The molecule has 0 unspecified atom stereocenters. The van der Waals surface area contributed by atoms with Gasteiger partial charge in [-0.15, -0.1) is 0 Å². The molecule has 108 valence electrons. The van der Waals surface area contributed by atoms with Gasteiger partial charge in [-0.1, -0.05) is 30.3 Å². The second-order valence-electron chi connectivity index (χ2n) is 5.28. The van der Waals surface area contributed by atoms with Crippen molar-refractivity contribution in [2.24, 2.45) is 0 Å². The quantitative estimate of drug-likeness (QED) is 0.628. The van der Waals surface area contributed by atoms with Crippen LogP contribution in [0.15, 0.2) is 42.5 Å². The van der Waals surface area contributed by atoms with Crippen LogP contribution in [-0.2, 0) is 19.4 Å². The first-order valence-corrected chi connectivity index (χ1v) is 7.21. The van der Waals surface area contributed by atoms with Crippen molar-refractivity contribution < 1.29 is 9.66 Å². The van der Waals surface area contributed by atoms with Crippen molar-refractivity contribution in [3.8, 4) is 5.75 Å². The van der Waals surface area contributed by atoms with E-state index >= 15 is 0 Å². The number of nitrogens with zero attached hydrogens (tertiary/aromatic N) is 1. The average molecular weight is 283 g/mol. The zero-order valence-corrected chi connectivity index (χ0v) is 11.7. The van der Waals surface area contributed by atoms with Crippen molar-refractivity contribution in [1.82, 2.24) is 0 Å². The van der Waals surface area contributed by atoms with Gasteiger partial charge in [0.1, 0.15) is 12.4 Å². The molecule has 4 nitrogen and oxygen atoms in total. The maximum absolute atomic E-state index is 11.1. The third kappa shape index (κ3) is 2.89. The van der Waals surface area contributed by atoms with E-state index in [1.807, 2.05) is 30.3 Å². The Kier molecular flexibility index (Phi) is 3.86. The van der Waals surface area contributed by atoms with Gasteiger partial charge >= 0.3 is 0 Å². The lowest BCUT2D eigenvalue weighted by molar-refractivity contribution is -0.385. The van der Waals surface area contributed by atoms with Gasteiger partial charge in [-0.2, -0.15) is 0 Å². The van der Waals surface area contributed by atoms with Gasteiger partial charge in [-0.25, -0.2) is 0 Å². The Hall–Kier alpha value is -2.36. The largest absolute Gasteiger partial charge is 0.489 e. The summed E-state index contributed by atoms with van der Waals surface area (Å²) in [5, 5.41) is 11.1. The Morgan fingerprint density at radius 1 is 1.00 bits per heavy atom. The molecule has 0 saturated carbocycles. The predicted molar refractivity (Wildman–Crippen MR) is 80.5 cm³/mol. The molecule has 0 aliphatic heterocycles. The van der Waals surface area contributed by atoms with Crippen LogP contribution >= 0.6 is 0 Å². The second kappa shape index (κ2) is 5.95. The number of rotatable bonds is 4. The molecule has 1 aliphatic rings. The predicted octanol–water partition coefficient (Wildman–Crippen LogP) is 4.05. The van der Waals surface area contributed by atoms with Gasteiger partial charge in [0, 0.05) is 17.2 Å². The summed E-state index contributed by atoms with van der Waals surface area (Å²) in [5.41, 5.74) is 3.21. The number of nitro groups is 1. The lowest BCUT2D eigenvalue weighted by Crippen LogP contribution is -2.09. The van der Waals surface area contributed by atoms with Gasteiger partial charge < -0.3 is 4.74 Å². The Bertz CT molecular complexity index is 653. The van der Waals surface area contributed by atoms with Crippen molar-refractivity contribution in [3.63, 3.8) is 0 Å². The highest BCUT2D eigenvalue weighted by atomic mass is 16.6. The zero-order valence-electron chi connectivity index (χ0n) is 11.7. The van der Waals surface area contributed by atoms with E-state index in [9.17, 15) is 10.1 Å². The summed E-state index contributed by atoms with van der Waals surface area (Å²) >= 11 is 0. The van der Waals surface area contributed by atoms with Crippen LogP contribution in [0, 0.1) is 10.1 Å². The summed E-state index contributed by atoms with van der Waals surface area (Å²) in [6, 6.07) is 13.3. The van der Waals surface area contributed by atoms with Gasteiger partial charge in [-0.05, 0) is 37.3 Å². The second-order valence-corrected chi connectivity index (χ2v) is 5.28. The van der Waals surface area contributed by atoms with Gasteiger partial charge in [0.05, 0.1) is 4.92 Å². The molecule has 21 heavy (non-hydrogen) atoms. The topological polar surface area (TPSA) is 52.4 Å². The number of hydrogen-bond acceptors (Lipinski definition) is 3. The maximum Gasteiger partial charge on any atom is 0.273 e. The van der Waals surface area contributed by atoms with Crippen LogP contribution in [-0.4, -0.2) is 4.92 Å². The third-order valence-electron chi connectivity index (χ3n) is 3.90. The minimum absolute atomic E-state index is 0.233. The molecule has 0 aromatic heterocycles. The van der Waals surface area contributed by atoms with Gasteiger partial charge in [-0.3, -0.25) is 10.1 Å². The summed E-state index contributed by atoms with van der Waals surface area (Å²) in [6.45, 7) is 0.491. The first kappa shape index (κ1) is 13.6. The summed E-state index contributed by atoms with van der Waals surface area (Å²) in [7, 11) is 0. The average Bonchev–Trinajstić information content (AvgIpc) is 2.53. The Labute approximate surface area is 123 Å². The van der Waals surface area contributed by atoms with E-state index in [1.54, 1.807) is 12.1 Å². The summed E-state index contributed by atoms with van der Waals surface area (Å²) in [5.74, 6) is 0.791. The first-order chi connectivity index (χ1) is 10.3. The Balaban J connectivity index is 1.87. The fourth-order valence-corrected chi connectivity index (χ4v) is 2.86. The highest BCUT2D eigenvalue weighted by molar-refractivity contribution is 5.53. The molecule has 4 heteroatoms. The van der Waals surface area contributed by atoms with Crippen molar-refractivity contribution >= 4 is 5.69 Å². The summed E-state index contributed by atoms with van der Waals surface area (Å²) in [4.78, 5) is 10.8. The number of benzene rings is 2. The summed E-state index contributed by atoms with van der Waals surface area (Å²) < 4.78 is 5.90. The molecule has 0 radical (unpaired) electrons. The molecule has 0 N–H and O–H groups in total. The van der Waals surface area contributed by atoms with E-state index in [1.165, 1.54) is 0 Å². The van der Waals surface area contributed by atoms with E-state index in [4.69, 9.17) is 4.74 Å². The van der Waals surface area contributed by atoms with E-state index in [-0.39, 0.29) is 10.6 Å². The molecule has 0 spiro atoms. The normalized spacial score (nSPS) is 13.5. The molecule has 2 aromatic carbocycles. The molecule has 1 aliphatic carbocycles. The minimum Gasteiger partial charge on any atom is -0.489 e. The maximum atomic E-state index is 11.1. The van der Waals surface area contributed by atoms with Crippen molar-refractivity contribution in [3.05, 3.63) is 69.3 Å². The lowest BCUT2D eigenvalue weighted by Gasteiger charge is -2.19. The Morgan fingerprint density at radius 3 is 2.43 bits per heavy atom. The van der Waals surface area contributed by atoms with Crippen LogP contribution in [0.5, 0.6) is 5.75 Å². The number of ether oxygens (including phenoxy) is 1. The molecule has 0 fully saturated rings. The SMILES string of the molecule is O=[N+]([O-])c1ccc(OCc2ccccc2)c2c1CCCC2. The van der Waals surface area contributed by atoms with Crippen LogP contribution in [0.25, 0.3) is 0 Å². The molecule has 3 rings (SSSR count). The van der Waals surface area contributed by atoms with Crippen LogP contribution in [0.4, 0.5) is 5.69 Å². The van der Waals surface area contributed by atoms with Crippen LogP contribution < -0.4 is 4.74 Å². The van der Waals surface area contributed by atoms with Gasteiger partial charge in [0.25, 0.3) is 5.69 Å². The molecular formula is C17H17NO3. The standard InChI is InChI=1S/C17H17NO3/c19-18(20)16-10-11-17(15-9-5-4-8-14(15)16)21-12-13-6-2-1-3-7-13/h1-3,6-7,10-11H,4-5,8-9,12H2. The van der Waals surface area contributed by atoms with Crippen LogP contribution in [0.3, 0.4) is 0 Å². The number of hydrogen-bond donors (Lipinski definition) is 0. The van der Waals surface area contributed by atoms with E-state index in [0.29, 0.717) is 6.61 Å². The van der Waals surface area contributed by atoms with E-state index < -0.39 is 0 Å². The van der Waals surface area contributed by atoms with Crippen molar-refractivity contribution in [1.29, 1.82) is 0 Å². The molecule has 0 heterocycles. The first-order valence-electron chi connectivity index (χ1n) is 7.21. The van der Waals surface area contributed by atoms with Crippen molar-refractivity contribution in [2.45, 2.75) is 32.3 Å². The highest BCUT2D eigenvalue weighted by Gasteiger charge is 2.23. The molecule has 0 atom stereocenters. The Morgan fingerprint density at radius 2 is 1.71 bits per heavy atom. The van der Waals surface area contributed by atoms with Crippen molar-refractivity contribution in [2.75, 3.05) is 0 Å². The van der Waals surface area contributed by atoms with Gasteiger partial charge in [0.15, 0.2) is 0 Å². The van der Waals surface area contributed by atoms with Crippen LogP contribution in [0.1, 0.15) is 29.5 Å². The molecule has 0 saturated heterocycles. The monoisotopic (exact) mass is 283 g/mol. The molecule has 0 amide bonds. The lowest BCUT2D eigenvalue weighted by atomic mass is 9.90. The fraction of sp³-hybridized carbons (Fsp3) is 0.294. The highest BCUT2D eigenvalue weighted by Crippen LogP contribution is 2.36. The zero-order chi connectivity index (χ0) is 14.7. The van der Waals surface area contributed by atoms with Crippen LogP contribution in [0.2, 0.25) is 0 Å². The third-order valence-corrected chi connectivity index (χ3v) is 3.90. The molecular weight excluding hydrogens is 266 g/mol. The van der Waals surface area contributed by atoms with E-state index in [2.05, 4.69) is 0 Å².